The summed E-state index contributed by atoms with van der Waals surface area (Å²) in [4.78, 5) is 6.43. The number of hydrogen-bond donors (Lipinski definition) is 2. The Balaban J connectivity index is 0.000000169. The summed E-state index contributed by atoms with van der Waals surface area (Å²) in [5.74, 6) is 0. The minimum atomic E-state index is 0.869. The fourth-order valence-corrected chi connectivity index (χ4v) is 2.53. The van der Waals surface area contributed by atoms with Crippen LogP contribution in [0.3, 0.4) is 0 Å². The van der Waals surface area contributed by atoms with Gasteiger partial charge in [0, 0.05) is 44.6 Å². The third-order valence-electron chi connectivity index (χ3n) is 3.54. The molecule has 2 saturated heterocycles. The Kier molecular flexibility index (Phi) is 6.12. The van der Waals surface area contributed by atoms with Gasteiger partial charge >= 0.3 is 0 Å². The van der Waals surface area contributed by atoms with Crippen LogP contribution in [-0.2, 0) is 0 Å². The zero-order valence-electron chi connectivity index (χ0n) is 11.0. The van der Waals surface area contributed by atoms with Crippen LogP contribution in [0.5, 0.6) is 0 Å². The van der Waals surface area contributed by atoms with E-state index in [-0.39, 0.29) is 0 Å². The van der Waals surface area contributed by atoms with Crippen molar-refractivity contribution >= 4 is 0 Å². The van der Waals surface area contributed by atoms with E-state index >= 15 is 0 Å². The van der Waals surface area contributed by atoms with Gasteiger partial charge in [0.1, 0.15) is 0 Å². The maximum atomic E-state index is 3.78. The van der Waals surface area contributed by atoms with Crippen LogP contribution in [0, 0.1) is 0 Å². The fourth-order valence-electron chi connectivity index (χ4n) is 2.53. The van der Waals surface area contributed by atoms with E-state index in [9.17, 15) is 0 Å². The van der Waals surface area contributed by atoms with Crippen LogP contribution in [-0.4, -0.2) is 55.2 Å². The molecule has 18 heavy (non-hydrogen) atoms. The van der Waals surface area contributed by atoms with Crippen LogP contribution in [0.4, 0.5) is 0 Å². The van der Waals surface area contributed by atoms with Crippen LogP contribution in [0.15, 0.2) is 30.6 Å². The van der Waals surface area contributed by atoms with Crippen molar-refractivity contribution in [1.29, 1.82) is 0 Å². The van der Waals surface area contributed by atoms with E-state index in [2.05, 4.69) is 20.5 Å². The molecule has 4 nitrogen and oxygen atoms in total. The smallest absolute Gasteiger partial charge is 0.0267 e. The largest absolute Gasteiger partial charge is 0.317 e. The highest BCUT2D eigenvalue weighted by Crippen LogP contribution is 2.11. The maximum absolute atomic E-state index is 3.78. The van der Waals surface area contributed by atoms with Crippen molar-refractivity contribution in [1.82, 2.24) is 20.5 Å². The van der Waals surface area contributed by atoms with E-state index in [0.29, 0.717) is 0 Å². The lowest BCUT2D eigenvalue weighted by molar-refractivity contribution is 0.144. The van der Waals surface area contributed by atoms with Crippen molar-refractivity contribution in [2.75, 3.05) is 39.3 Å². The molecule has 0 bridgehead atoms. The molecular formula is C14H24N4. The lowest BCUT2D eigenvalue weighted by Gasteiger charge is -2.37. The Bertz CT molecular complexity index is 249. The highest BCUT2D eigenvalue weighted by molar-refractivity contribution is 4.88. The molecule has 2 aliphatic heterocycles. The number of piperazine rings is 1. The maximum Gasteiger partial charge on any atom is 0.0267 e. The quantitative estimate of drug-likeness (QED) is 0.768. The minimum absolute atomic E-state index is 0.869. The van der Waals surface area contributed by atoms with Crippen molar-refractivity contribution < 1.29 is 0 Å². The summed E-state index contributed by atoms with van der Waals surface area (Å²) in [7, 11) is 0. The highest BCUT2D eigenvalue weighted by atomic mass is 15.2. The molecule has 0 saturated carbocycles. The molecule has 3 heterocycles. The first-order valence-corrected chi connectivity index (χ1v) is 6.97. The minimum Gasteiger partial charge on any atom is -0.317 e. The first-order chi connectivity index (χ1) is 8.97. The third-order valence-corrected chi connectivity index (χ3v) is 3.54. The Hall–Kier alpha value is -0.970. The molecule has 1 aromatic rings. The van der Waals surface area contributed by atoms with E-state index in [4.69, 9.17) is 0 Å². The Morgan fingerprint density at radius 3 is 1.94 bits per heavy atom. The summed E-state index contributed by atoms with van der Waals surface area (Å²) < 4.78 is 0. The molecule has 1 aromatic heterocycles. The number of aromatic nitrogens is 1. The Morgan fingerprint density at radius 2 is 1.44 bits per heavy atom. The van der Waals surface area contributed by atoms with Gasteiger partial charge in [0.25, 0.3) is 0 Å². The third kappa shape index (κ3) is 4.72. The van der Waals surface area contributed by atoms with Crippen molar-refractivity contribution in [3.8, 4) is 0 Å². The number of piperidine rings is 1. The lowest BCUT2D eigenvalue weighted by atomic mass is 10.0. The zero-order chi connectivity index (χ0) is 12.5. The van der Waals surface area contributed by atoms with Gasteiger partial charge in [0.05, 0.1) is 0 Å². The molecule has 0 spiro atoms. The van der Waals surface area contributed by atoms with E-state index < -0.39 is 0 Å². The lowest BCUT2D eigenvalue weighted by Crippen LogP contribution is -2.51. The van der Waals surface area contributed by atoms with Crippen LogP contribution in [0.2, 0.25) is 0 Å². The van der Waals surface area contributed by atoms with Gasteiger partial charge in [-0.05, 0) is 38.1 Å². The molecule has 0 amide bonds. The number of pyridine rings is 1. The summed E-state index contributed by atoms with van der Waals surface area (Å²) >= 11 is 0. The molecule has 0 radical (unpaired) electrons. The standard InChI is InChI=1S/C9H19N3.C5H5N/c1-3-10-4-2-9(1)12-7-5-11-6-8-12;1-2-4-6-5-3-1/h9-11H,1-8H2;1-5H. The first kappa shape index (κ1) is 13.5. The number of nitrogens with one attached hydrogen (secondary N) is 2. The molecule has 2 aliphatic rings. The van der Waals surface area contributed by atoms with Crippen LogP contribution in [0.1, 0.15) is 12.8 Å². The molecule has 3 rings (SSSR count). The van der Waals surface area contributed by atoms with Gasteiger partial charge in [-0.2, -0.15) is 0 Å². The second-order valence-corrected chi connectivity index (χ2v) is 4.79. The average Bonchev–Trinajstić information content (AvgIpc) is 2.51. The van der Waals surface area contributed by atoms with Gasteiger partial charge in [-0.15, -0.1) is 0 Å². The monoisotopic (exact) mass is 248 g/mol. The second-order valence-electron chi connectivity index (χ2n) is 4.79. The summed E-state index contributed by atoms with van der Waals surface area (Å²) in [6, 6.07) is 6.58. The number of rotatable bonds is 1. The molecule has 0 aromatic carbocycles. The van der Waals surface area contributed by atoms with E-state index in [1.807, 2.05) is 18.2 Å². The van der Waals surface area contributed by atoms with E-state index in [1.54, 1.807) is 12.4 Å². The molecule has 0 atom stereocenters. The van der Waals surface area contributed by atoms with Crippen LogP contribution < -0.4 is 10.6 Å². The summed E-state index contributed by atoms with van der Waals surface area (Å²) in [5, 5.41) is 6.81. The molecule has 4 heteroatoms. The number of hydrogen-bond acceptors (Lipinski definition) is 4. The van der Waals surface area contributed by atoms with Crippen LogP contribution in [0.25, 0.3) is 0 Å². The first-order valence-electron chi connectivity index (χ1n) is 6.97. The highest BCUT2D eigenvalue weighted by Gasteiger charge is 2.21. The predicted octanol–water partition coefficient (Wildman–Crippen LogP) is 0.725. The molecule has 0 unspecified atom stereocenters. The van der Waals surface area contributed by atoms with Gasteiger partial charge < -0.3 is 10.6 Å². The second kappa shape index (κ2) is 8.19. The van der Waals surface area contributed by atoms with E-state index in [1.165, 1.54) is 52.1 Å². The van der Waals surface area contributed by atoms with Crippen molar-refractivity contribution in [2.45, 2.75) is 18.9 Å². The zero-order valence-corrected chi connectivity index (χ0v) is 11.0. The van der Waals surface area contributed by atoms with Gasteiger partial charge in [-0.25, -0.2) is 0 Å². The normalized spacial score (nSPS) is 22.0. The predicted molar refractivity (Wildman–Crippen MR) is 74.6 cm³/mol. The van der Waals surface area contributed by atoms with Crippen molar-refractivity contribution in [3.63, 3.8) is 0 Å². The molecular weight excluding hydrogens is 224 g/mol. The van der Waals surface area contributed by atoms with Gasteiger partial charge in [-0.3, -0.25) is 9.88 Å². The van der Waals surface area contributed by atoms with Gasteiger partial charge in [-0.1, -0.05) is 6.07 Å². The fraction of sp³-hybridized carbons (Fsp3) is 0.643. The summed E-state index contributed by atoms with van der Waals surface area (Å²) in [6.07, 6.45) is 6.19. The van der Waals surface area contributed by atoms with Crippen LogP contribution >= 0.6 is 0 Å². The van der Waals surface area contributed by atoms with Crippen molar-refractivity contribution in [2.24, 2.45) is 0 Å². The molecule has 2 N–H and O–H groups in total. The number of nitrogens with zero attached hydrogens (tertiary/aromatic N) is 2. The van der Waals surface area contributed by atoms with Crippen molar-refractivity contribution in [3.05, 3.63) is 30.6 Å². The molecule has 2 fully saturated rings. The topological polar surface area (TPSA) is 40.2 Å². The average molecular weight is 248 g/mol. The molecule has 0 aliphatic carbocycles. The Morgan fingerprint density at radius 1 is 0.833 bits per heavy atom. The molecule has 100 valence electrons. The van der Waals surface area contributed by atoms with E-state index in [0.717, 1.165) is 6.04 Å². The van der Waals surface area contributed by atoms with Gasteiger partial charge in [0.15, 0.2) is 0 Å². The SMILES string of the molecule is C1CC(N2CCNCC2)CCN1.c1ccncc1. The van der Waals surface area contributed by atoms with Gasteiger partial charge in [0.2, 0.25) is 0 Å². The summed E-state index contributed by atoms with van der Waals surface area (Å²) in [6.45, 7) is 7.31. The Labute approximate surface area is 110 Å². The summed E-state index contributed by atoms with van der Waals surface area (Å²) in [5.41, 5.74) is 0.